The first-order valence-corrected chi connectivity index (χ1v) is 10.1. The first kappa shape index (κ1) is 17.4. The van der Waals surface area contributed by atoms with Crippen molar-refractivity contribution in [1.82, 2.24) is 4.98 Å². The summed E-state index contributed by atoms with van der Waals surface area (Å²) in [7, 11) is 0. The van der Waals surface area contributed by atoms with E-state index in [0.717, 1.165) is 28.6 Å². The van der Waals surface area contributed by atoms with Crippen LogP contribution in [0, 0.1) is 17.8 Å². The van der Waals surface area contributed by atoms with E-state index in [1.165, 1.54) is 11.3 Å². The Hall–Kier alpha value is -1.99. The molecule has 1 aromatic heterocycles. The van der Waals surface area contributed by atoms with Crippen LogP contribution in [0.3, 0.4) is 0 Å². The standard InChI is InChI=1S/C19H17BrN2O3S/c20-14-3-1-2-13(8-14)16-10-26-19(21-16)22-17(23)9-25-18(24)15-7-11-4-5-12(15)6-11/h1-5,8,10-12,15H,6-7,9H2,(H,21,22,23). The number of nitrogens with one attached hydrogen (secondary N) is 1. The molecule has 2 aromatic rings. The average Bonchev–Trinajstić information content (AvgIpc) is 3.36. The number of anilines is 1. The molecule has 1 N–H and O–H groups in total. The molecule has 7 heteroatoms. The van der Waals surface area contributed by atoms with Gasteiger partial charge in [-0.05, 0) is 36.8 Å². The van der Waals surface area contributed by atoms with Crippen molar-refractivity contribution < 1.29 is 14.3 Å². The van der Waals surface area contributed by atoms with Gasteiger partial charge in [0.2, 0.25) is 0 Å². The van der Waals surface area contributed by atoms with Crippen LogP contribution in [0.1, 0.15) is 12.8 Å². The van der Waals surface area contributed by atoms with Gasteiger partial charge in [0.05, 0.1) is 11.6 Å². The van der Waals surface area contributed by atoms with Crippen LogP contribution in [0.2, 0.25) is 0 Å². The minimum Gasteiger partial charge on any atom is -0.455 e. The van der Waals surface area contributed by atoms with Crippen LogP contribution in [0.15, 0.2) is 46.3 Å². The lowest BCUT2D eigenvalue weighted by molar-refractivity contribution is -0.152. The number of thiazole rings is 1. The molecule has 2 bridgehead atoms. The predicted molar refractivity (Wildman–Crippen MR) is 104 cm³/mol. The number of allylic oxidation sites excluding steroid dienone is 2. The van der Waals surface area contributed by atoms with E-state index in [2.05, 4.69) is 38.4 Å². The molecule has 26 heavy (non-hydrogen) atoms. The maximum Gasteiger partial charge on any atom is 0.310 e. The Morgan fingerprint density at radius 3 is 2.92 bits per heavy atom. The number of ether oxygens (including phenoxy) is 1. The van der Waals surface area contributed by atoms with Gasteiger partial charge in [0, 0.05) is 15.4 Å². The van der Waals surface area contributed by atoms with Crippen molar-refractivity contribution in [2.45, 2.75) is 12.8 Å². The van der Waals surface area contributed by atoms with Crippen molar-refractivity contribution in [1.29, 1.82) is 0 Å². The lowest BCUT2D eigenvalue weighted by atomic mass is 9.94. The number of hydrogen-bond donors (Lipinski definition) is 1. The highest BCUT2D eigenvalue weighted by Gasteiger charge is 2.40. The van der Waals surface area contributed by atoms with Crippen molar-refractivity contribution in [2.75, 3.05) is 11.9 Å². The van der Waals surface area contributed by atoms with Crippen molar-refractivity contribution >= 4 is 44.3 Å². The number of esters is 1. The second-order valence-corrected chi connectivity index (χ2v) is 8.36. The van der Waals surface area contributed by atoms with Crippen molar-refractivity contribution in [3.8, 4) is 11.3 Å². The van der Waals surface area contributed by atoms with Gasteiger partial charge < -0.3 is 4.74 Å². The summed E-state index contributed by atoms with van der Waals surface area (Å²) in [6.07, 6.45) is 6.14. The summed E-state index contributed by atoms with van der Waals surface area (Å²) in [6, 6.07) is 7.79. The van der Waals surface area contributed by atoms with E-state index in [1.54, 1.807) is 0 Å². The highest BCUT2D eigenvalue weighted by atomic mass is 79.9. The van der Waals surface area contributed by atoms with Crippen LogP contribution in [0.25, 0.3) is 11.3 Å². The summed E-state index contributed by atoms with van der Waals surface area (Å²) in [5, 5.41) is 5.06. The largest absolute Gasteiger partial charge is 0.455 e. The number of amides is 1. The number of carbonyl (C=O) groups is 2. The Labute approximate surface area is 163 Å². The van der Waals surface area contributed by atoms with Gasteiger partial charge in [0.15, 0.2) is 11.7 Å². The van der Waals surface area contributed by atoms with Gasteiger partial charge in [0.25, 0.3) is 5.91 Å². The van der Waals surface area contributed by atoms with Crippen LogP contribution in [0.4, 0.5) is 5.13 Å². The monoisotopic (exact) mass is 432 g/mol. The zero-order chi connectivity index (χ0) is 18.1. The SMILES string of the molecule is O=C(COC(=O)C1CC2C=CC1C2)Nc1nc(-c2cccc(Br)c2)cs1. The van der Waals surface area contributed by atoms with Crippen LogP contribution in [-0.2, 0) is 14.3 Å². The molecule has 4 rings (SSSR count). The van der Waals surface area contributed by atoms with Gasteiger partial charge >= 0.3 is 5.97 Å². The summed E-state index contributed by atoms with van der Waals surface area (Å²) >= 11 is 4.77. The maximum absolute atomic E-state index is 12.2. The molecule has 1 aromatic carbocycles. The quantitative estimate of drug-likeness (QED) is 0.565. The van der Waals surface area contributed by atoms with E-state index in [1.807, 2.05) is 29.6 Å². The number of benzene rings is 1. The highest BCUT2D eigenvalue weighted by molar-refractivity contribution is 9.10. The van der Waals surface area contributed by atoms with Crippen LogP contribution >= 0.6 is 27.3 Å². The van der Waals surface area contributed by atoms with E-state index in [4.69, 9.17) is 4.74 Å². The second-order valence-electron chi connectivity index (χ2n) is 6.59. The number of aromatic nitrogens is 1. The topological polar surface area (TPSA) is 68.3 Å². The summed E-state index contributed by atoms with van der Waals surface area (Å²) in [4.78, 5) is 28.6. The second kappa shape index (κ2) is 7.32. The molecule has 1 heterocycles. The summed E-state index contributed by atoms with van der Waals surface area (Å²) in [6.45, 7) is -0.276. The zero-order valence-electron chi connectivity index (χ0n) is 13.9. The molecule has 0 spiro atoms. The molecule has 0 radical (unpaired) electrons. The molecule has 3 unspecified atom stereocenters. The maximum atomic E-state index is 12.2. The van der Waals surface area contributed by atoms with E-state index >= 15 is 0 Å². The third-order valence-corrected chi connectivity index (χ3v) is 6.05. The van der Waals surface area contributed by atoms with Gasteiger partial charge in [-0.2, -0.15) is 0 Å². The van der Waals surface area contributed by atoms with E-state index in [-0.39, 0.29) is 30.3 Å². The first-order chi connectivity index (χ1) is 12.6. The lowest BCUT2D eigenvalue weighted by Crippen LogP contribution is -2.26. The molecular formula is C19H17BrN2O3S. The highest BCUT2D eigenvalue weighted by Crippen LogP contribution is 2.43. The Morgan fingerprint density at radius 1 is 1.31 bits per heavy atom. The molecule has 1 fully saturated rings. The van der Waals surface area contributed by atoms with E-state index < -0.39 is 0 Å². The molecule has 1 saturated carbocycles. The average molecular weight is 433 g/mol. The number of nitrogens with zero attached hydrogens (tertiary/aromatic N) is 1. The molecule has 3 atom stereocenters. The van der Waals surface area contributed by atoms with Gasteiger partial charge in [-0.15, -0.1) is 11.3 Å². The molecule has 0 aliphatic heterocycles. The zero-order valence-corrected chi connectivity index (χ0v) is 16.3. The molecule has 134 valence electrons. The predicted octanol–water partition coefficient (Wildman–Crippen LogP) is 4.27. The van der Waals surface area contributed by atoms with Crippen LogP contribution in [-0.4, -0.2) is 23.5 Å². The first-order valence-electron chi connectivity index (χ1n) is 8.45. The Kier molecular flexibility index (Phi) is 4.91. The molecule has 1 amide bonds. The van der Waals surface area contributed by atoms with Crippen molar-refractivity contribution in [3.63, 3.8) is 0 Å². The Balaban J connectivity index is 1.30. The molecule has 2 aliphatic carbocycles. The molecular weight excluding hydrogens is 416 g/mol. The smallest absolute Gasteiger partial charge is 0.310 e. The van der Waals surface area contributed by atoms with Gasteiger partial charge in [-0.3, -0.25) is 14.9 Å². The third kappa shape index (κ3) is 3.73. The summed E-state index contributed by atoms with van der Waals surface area (Å²) < 4.78 is 6.17. The normalized spacial score (nSPS) is 23.2. The number of rotatable bonds is 5. The Bertz CT molecular complexity index is 879. The van der Waals surface area contributed by atoms with Crippen molar-refractivity contribution in [3.05, 3.63) is 46.3 Å². The lowest BCUT2D eigenvalue weighted by Gasteiger charge is -2.16. The third-order valence-electron chi connectivity index (χ3n) is 4.80. The van der Waals surface area contributed by atoms with Crippen LogP contribution in [0.5, 0.6) is 0 Å². The van der Waals surface area contributed by atoms with Gasteiger partial charge in [0.1, 0.15) is 0 Å². The fraction of sp³-hybridized carbons (Fsp3) is 0.316. The van der Waals surface area contributed by atoms with E-state index in [9.17, 15) is 9.59 Å². The van der Waals surface area contributed by atoms with E-state index in [0.29, 0.717) is 11.0 Å². The number of fused-ring (bicyclic) bond motifs is 2. The van der Waals surface area contributed by atoms with Crippen LogP contribution < -0.4 is 5.32 Å². The van der Waals surface area contributed by atoms with Gasteiger partial charge in [-0.25, -0.2) is 4.98 Å². The van der Waals surface area contributed by atoms with Crippen molar-refractivity contribution in [2.24, 2.45) is 17.8 Å². The minimum atomic E-state index is -0.368. The van der Waals surface area contributed by atoms with Gasteiger partial charge in [-0.1, -0.05) is 40.2 Å². The number of hydrogen-bond acceptors (Lipinski definition) is 5. The summed E-state index contributed by atoms with van der Waals surface area (Å²) in [5.74, 6) is 0.0411. The Morgan fingerprint density at radius 2 is 2.19 bits per heavy atom. The number of carbonyl (C=O) groups excluding carboxylic acids is 2. The molecule has 2 aliphatic rings. The minimum absolute atomic E-state index is 0.0965. The fourth-order valence-corrected chi connectivity index (χ4v) is 4.70. The molecule has 0 saturated heterocycles. The summed E-state index contributed by atoms with van der Waals surface area (Å²) in [5.41, 5.74) is 1.75. The molecule has 5 nitrogen and oxygen atoms in total. The number of halogens is 1. The fourth-order valence-electron chi connectivity index (χ4n) is 3.56.